The largest absolute Gasteiger partial charge is 0.437 e. The van der Waals surface area contributed by atoms with Crippen LogP contribution in [0.4, 0.5) is 13.2 Å². The fourth-order valence-corrected chi connectivity index (χ4v) is 3.15. The molecule has 0 heterocycles. The summed E-state index contributed by atoms with van der Waals surface area (Å²) in [6, 6.07) is 16.4. The number of alkyl halides is 3. The molecule has 3 aromatic carbocycles. The average molecular weight is 379 g/mol. The van der Waals surface area contributed by atoms with Crippen LogP contribution in [-0.4, -0.2) is 20.3 Å². The van der Waals surface area contributed by atoms with E-state index in [1.807, 2.05) is 0 Å². The molecule has 8 heteroatoms. The molecule has 0 aliphatic heterocycles. The van der Waals surface area contributed by atoms with Crippen LogP contribution in [0.5, 0.6) is 5.75 Å². The molecule has 3 rings (SSSR count). The van der Waals surface area contributed by atoms with Gasteiger partial charge in [0.1, 0.15) is 4.90 Å². The molecule has 4 nitrogen and oxygen atoms in total. The smallest absolute Gasteiger partial charge is 0.355 e. The van der Waals surface area contributed by atoms with Crippen LogP contribution >= 0.6 is 0 Å². The summed E-state index contributed by atoms with van der Waals surface area (Å²) in [5, 5.41) is 4.18. The van der Waals surface area contributed by atoms with E-state index in [9.17, 15) is 21.6 Å². The third kappa shape index (κ3) is 3.70. The number of fused-ring (bicyclic) bond motifs is 1. The summed E-state index contributed by atoms with van der Waals surface area (Å²) in [6.07, 6.45) is -4.77. The van der Waals surface area contributed by atoms with Gasteiger partial charge in [-0.1, -0.05) is 65.8 Å². The van der Waals surface area contributed by atoms with Crippen LogP contribution in [-0.2, 0) is 10.7 Å². The van der Waals surface area contributed by atoms with Crippen molar-refractivity contribution < 1.29 is 26.4 Å². The molecule has 0 bridgehead atoms. The lowest BCUT2D eigenvalue weighted by Gasteiger charge is -2.11. The van der Waals surface area contributed by atoms with Gasteiger partial charge in [0.05, 0.1) is 0 Å². The highest BCUT2D eigenvalue weighted by Gasteiger charge is 2.38. The van der Waals surface area contributed by atoms with Crippen LogP contribution in [0.15, 0.2) is 76.8 Å². The number of halogens is 3. The Morgan fingerprint density at radius 3 is 2.19 bits per heavy atom. The third-order valence-corrected chi connectivity index (χ3v) is 4.42. The lowest BCUT2D eigenvalue weighted by atomic mass is 10.1. The maximum Gasteiger partial charge on any atom is 0.437 e. The minimum absolute atomic E-state index is 0.186. The molecule has 0 N–H and O–H groups in total. The molecular weight excluding hydrogens is 367 g/mol. The van der Waals surface area contributed by atoms with Gasteiger partial charge >= 0.3 is 6.18 Å². The summed E-state index contributed by atoms with van der Waals surface area (Å²) in [7, 11) is -3.10. The van der Waals surface area contributed by atoms with Gasteiger partial charge in [-0.15, -0.1) is 0 Å². The van der Waals surface area contributed by atoms with E-state index in [-0.39, 0.29) is 16.2 Å². The highest BCUT2D eigenvalue weighted by atomic mass is 32.2. The normalized spacial score (nSPS) is 12.5. The Kier molecular flexibility index (Phi) is 4.94. The fourth-order valence-electron chi connectivity index (χ4n) is 2.46. The molecular formula is C18H12F3NO3S. The molecule has 0 unspecified atom stereocenters. The number of thiol groups is 1. The van der Waals surface area contributed by atoms with E-state index in [4.69, 9.17) is 4.84 Å². The first-order valence-corrected chi connectivity index (χ1v) is 8.59. The summed E-state index contributed by atoms with van der Waals surface area (Å²) < 4.78 is 63.1. The maximum atomic E-state index is 13.3. The molecule has 0 atom stereocenters. The number of hydrogen-bond acceptors (Lipinski definition) is 4. The number of nitrogens with zero attached hydrogens (tertiary/aromatic N) is 1. The monoisotopic (exact) mass is 379 g/mol. The van der Waals surface area contributed by atoms with Crippen LogP contribution < -0.4 is 4.84 Å². The van der Waals surface area contributed by atoms with Gasteiger partial charge in [0.25, 0.3) is 0 Å². The van der Waals surface area contributed by atoms with Gasteiger partial charge < -0.3 is 4.84 Å². The van der Waals surface area contributed by atoms with Gasteiger partial charge in [-0.2, -0.15) is 13.2 Å². The van der Waals surface area contributed by atoms with E-state index >= 15 is 0 Å². The van der Waals surface area contributed by atoms with Crippen molar-refractivity contribution >= 4 is 27.2 Å². The van der Waals surface area contributed by atoms with Crippen molar-refractivity contribution in [1.29, 1.82) is 0 Å². The van der Waals surface area contributed by atoms with E-state index < -0.39 is 22.6 Å². The third-order valence-electron chi connectivity index (χ3n) is 3.60. The van der Waals surface area contributed by atoms with Crippen LogP contribution in [0.25, 0.3) is 10.8 Å². The lowest BCUT2D eigenvalue weighted by molar-refractivity contribution is -0.0598. The summed E-state index contributed by atoms with van der Waals surface area (Å²) in [6.45, 7) is 0. The Balaban J connectivity index is 2.10. The van der Waals surface area contributed by atoms with Crippen molar-refractivity contribution in [2.75, 3.05) is 0 Å². The molecule has 0 aromatic heterocycles. The second-order valence-electron chi connectivity index (χ2n) is 5.29. The second kappa shape index (κ2) is 7.17. The summed E-state index contributed by atoms with van der Waals surface area (Å²) in [5.41, 5.74) is -1.44. The molecule has 0 fully saturated rings. The van der Waals surface area contributed by atoms with Crippen molar-refractivity contribution in [3.63, 3.8) is 0 Å². The van der Waals surface area contributed by atoms with E-state index in [1.165, 1.54) is 30.3 Å². The standard InChI is InChI=1S/C18H12F3NO3S/c19-18(20,21)17(13-7-2-1-3-8-13)22-25-15-11-10-12-6-4-5-9-14(12)16(15)26(23)24/h1-11,26H. The number of benzene rings is 3. The number of rotatable bonds is 4. The minimum atomic E-state index is -4.77. The molecule has 26 heavy (non-hydrogen) atoms. The Morgan fingerprint density at radius 2 is 1.54 bits per heavy atom. The molecule has 0 amide bonds. The molecule has 0 saturated heterocycles. The van der Waals surface area contributed by atoms with E-state index in [0.717, 1.165) is 0 Å². The Morgan fingerprint density at radius 1 is 0.885 bits per heavy atom. The van der Waals surface area contributed by atoms with Crippen LogP contribution in [0.2, 0.25) is 0 Å². The minimum Gasteiger partial charge on any atom is -0.355 e. The maximum absolute atomic E-state index is 13.3. The highest BCUT2D eigenvalue weighted by molar-refractivity contribution is 7.72. The van der Waals surface area contributed by atoms with Crippen LogP contribution in [0, 0.1) is 0 Å². The molecule has 3 aromatic rings. The Hall–Kier alpha value is -2.87. The Bertz CT molecular complexity index is 1040. The quantitative estimate of drug-likeness (QED) is 0.421. The molecule has 0 spiro atoms. The molecule has 0 saturated carbocycles. The van der Waals surface area contributed by atoms with E-state index in [1.54, 1.807) is 36.4 Å². The van der Waals surface area contributed by atoms with Crippen molar-refractivity contribution in [3.8, 4) is 5.75 Å². The number of hydrogen-bond donors (Lipinski definition) is 1. The second-order valence-corrected chi connectivity index (χ2v) is 6.25. The molecule has 0 radical (unpaired) electrons. The van der Waals surface area contributed by atoms with Crippen molar-refractivity contribution in [2.24, 2.45) is 5.16 Å². The lowest BCUT2D eigenvalue weighted by Crippen LogP contribution is -2.24. The Labute approximate surface area is 148 Å². The highest BCUT2D eigenvalue weighted by Crippen LogP contribution is 2.30. The van der Waals surface area contributed by atoms with Crippen molar-refractivity contribution in [1.82, 2.24) is 0 Å². The summed E-state index contributed by atoms with van der Waals surface area (Å²) in [4.78, 5) is 4.72. The fraction of sp³-hybridized carbons (Fsp3) is 0.0556. The van der Waals surface area contributed by atoms with Gasteiger partial charge in [0, 0.05) is 10.9 Å². The zero-order chi connectivity index (χ0) is 18.7. The van der Waals surface area contributed by atoms with Crippen LogP contribution in [0.3, 0.4) is 0 Å². The predicted octanol–water partition coefficient (Wildman–Crippen LogP) is 4.16. The molecule has 134 valence electrons. The zero-order valence-electron chi connectivity index (χ0n) is 13.1. The first-order valence-electron chi connectivity index (χ1n) is 7.41. The topological polar surface area (TPSA) is 55.7 Å². The van der Waals surface area contributed by atoms with Crippen molar-refractivity contribution in [3.05, 3.63) is 72.3 Å². The first-order chi connectivity index (χ1) is 12.4. The van der Waals surface area contributed by atoms with Gasteiger partial charge in [-0.3, -0.25) is 0 Å². The first kappa shape index (κ1) is 17.9. The van der Waals surface area contributed by atoms with E-state index in [0.29, 0.717) is 10.8 Å². The number of oxime groups is 1. The van der Waals surface area contributed by atoms with Crippen LogP contribution in [0.1, 0.15) is 5.56 Å². The van der Waals surface area contributed by atoms with Gasteiger partial charge in [0.15, 0.2) is 22.2 Å². The van der Waals surface area contributed by atoms with E-state index in [2.05, 4.69) is 5.16 Å². The van der Waals surface area contributed by atoms with Gasteiger partial charge in [0.2, 0.25) is 0 Å². The van der Waals surface area contributed by atoms with Crippen molar-refractivity contribution in [2.45, 2.75) is 11.1 Å². The zero-order valence-corrected chi connectivity index (χ0v) is 14.0. The van der Waals surface area contributed by atoms with Gasteiger partial charge in [-0.25, -0.2) is 8.42 Å². The van der Waals surface area contributed by atoms with Gasteiger partial charge in [-0.05, 0) is 11.5 Å². The molecule has 0 aliphatic carbocycles. The summed E-state index contributed by atoms with van der Waals surface area (Å²) in [5.74, 6) is -0.266. The average Bonchev–Trinajstić information content (AvgIpc) is 2.61. The SMILES string of the molecule is O=[SH](=O)c1c(ON=C(c2ccccc2)C(F)(F)F)ccc2ccccc12. The summed E-state index contributed by atoms with van der Waals surface area (Å²) >= 11 is 0. The predicted molar refractivity (Wildman–Crippen MR) is 92.2 cm³/mol. The molecule has 0 aliphatic rings.